The van der Waals surface area contributed by atoms with Gasteiger partial charge in [-0.3, -0.25) is 0 Å². The Labute approximate surface area is 121 Å². The van der Waals surface area contributed by atoms with Gasteiger partial charge in [-0.1, -0.05) is 38.1 Å². The SMILES string of the molecule is Cc1cc2cc3cc(C)c(C(C)C)cc3cc2cc1C. The zero-order chi connectivity index (χ0) is 14.4. The van der Waals surface area contributed by atoms with Crippen molar-refractivity contribution in [2.24, 2.45) is 0 Å². The Morgan fingerprint density at radius 1 is 0.550 bits per heavy atom. The number of fused-ring (bicyclic) bond motifs is 2. The fourth-order valence-electron chi connectivity index (χ4n) is 3.08. The van der Waals surface area contributed by atoms with E-state index in [1.165, 1.54) is 43.8 Å². The van der Waals surface area contributed by atoms with E-state index in [-0.39, 0.29) is 0 Å². The first-order chi connectivity index (χ1) is 9.45. The predicted octanol–water partition coefficient (Wildman–Crippen LogP) is 6.04. The lowest BCUT2D eigenvalue weighted by Gasteiger charge is -2.13. The van der Waals surface area contributed by atoms with Crippen LogP contribution < -0.4 is 0 Å². The largest absolute Gasteiger partial charge is 0.0587 e. The molecule has 3 aromatic rings. The van der Waals surface area contributed by atoms with Gasteiger partial charge in [-0.05, 0) is 82.6 Å². The Balaban J connectivity index is 2.36. The molecular formula is C20H22. The lowest BCUT2D eigenvalue weighted by Crippen LogP contribution is -1.92. The maximum Gasteiger partial charge on any atom is -0.0175 e. The molecule has 0 radical (unpaired) electrons. The molecule has 0 N–H and O–H groups in total. The quantitative estimate of drug-likeness (QED) is 0.469. The molecule has 0 bridgehead atoms. The summed E-state index contributed by atoms with van der Waals surface area (Å²) in [6.45, 7) is 11.1. The fraction of sp³-hybridized carbons (Fsp3) is 0.300. The number of hydrogen-bond acceptors (Lipinski definition) is 0. The second kappa shape index (κ2) is 4.63. The average molecular weight is 262 g/mol. The second-order valence-electron chi connectivity index (χ2n) is 6.35. The number of benzene rings is 3. The van der Waals surface area contributed by atoms with E-state index >= 15 is 0 Å². The zero-order valence-corrected chi connectivity index (χ0v) is 13.0. The highest BCUT2D eigenvalue weighted by Gasteiger charge is 2.07. The molecule has 3 aromatic carbocycles. The van der Waals surface area contributed by atoms with E-state index in [1.807, 2.05) is 0 Å². The maximum absolute atomic E-state index is 2.37. The summed E-state index contributed by atoms with van der Waals surface area (Å²) in [5.41, 5.74) is 5.59. The summed E-state index contributed by atoms with van der Waals surface area (Å²) in [5, 5.41) is 5.40. The van der Waals surface area contributed by atoms with Crippen molar-refractivity contribution in [2.45, 2.75) is 40.5 Å². The van der Waals surface area contributed by atoms with E-state index in [0.717, 1.165) is 0 Å². The number of aryl methyl sites for hydroxylation is 3. The van der Waals surface area contributed by atoms with Crippen molar-refractivity contribution in [3.8, 4) is 0 Å². The van der Waals surface area contributed by atoms with Crippen LogP contribution in [0, 0.1) is 20.8 Å². The lowest BCUT2D eigenvalue weighted by molar-refractivity contribution is 0.859. The van der Waals surface area contributed by atoms with Gasteiger partial charge in [0.25, 0.3) is 0 Å². The normalized spacial score (nSPS) is 11.7. The summed E-state index contributed by atoms with van der Waals surface area (Å²) < 4.78 is 0. The third kappa shape index (κ3) is 2.10. The minimum atomic E-state index is 0.579. The van der Waals surface area contributed by atoms with Gasteiger partial charge in [-0.25, -0.2) is 0 Å². The summed E-state index contributed by atoms with van der Waals surface area (Å²) in [4.78, 5) is 0. The molecule has 0 aliphatic carbocycles. The van der Waals surface area contributed by atoms with Crippen molar-refractivity contribution >= 4 is 21.5 Å². The van der Waals surface area contributed by atoms with Gasteiger partial charge in [0.05, 0.1) is 0 Å². The van der Waals surface area contributed by atoms with Gasteiger partial charge >= 0.3 is 0 Å². The van der Waals surface area contributed by atoms with Crippen LogP contribution in [0.3, 0.4) is 0 Å². The molecule has 0 aromatic heterocycles. The van der Waals surface area contributed by atoms with E-state index in [1.54, 1.807) is 0 Å². The predicted molar refractivity (Wildman–Crippen MR) is 89.8 cm³/mol. The van der Waals surface area contributed by atoms with Crippen LogP contribution in [-0.4, -0.2) is 0 Å². The first-order valence-corrected chi connectivity index (χ1v) is 7.41. The highest BCUT2D eigenvalue weighted by Crippen LogP contribution is 2.30. The van der Waals surface area contributed by atoms with E-state index in [0.29, 0.717) is 5.92 Å². The Morgan fingerprint density at radius 3 is 1.40 bits per heavy atom. The van der Waals surface area contributed by atoms with Crippen molar-refractivity contribution < 1.29 is 0 Å². The van der Waals surface area contributed by atoms with Crippen LogP contribution in [0.1, 0.15) is 42.0 Å². The van der Waals surface area contributed by atoms with Crippen molar-refractivity contribution in [1.29, 1.82) is 0 Å². The van der Waals surface area contributed by atoms with Gasteiger partial charge < -0.3 is 0 Å². The molecule has 0 heteroatoms. The van der Waals surface area contributed by atoms with Crippen LogP contribution in [0.5, 0.6) is 0 Å². The molecule has 0 atom stereocenters. The minimum absolute atomic E-state index is 0.579. The molecule has 0 fully saturated rings. The molecule has 0 nitrogen and oxygen atoms in total. The average Bonchev–Trinajstić information content (AvgIpc) is 2.37. The smallest absolute Gasteiger partial charge is 0.0175 e. The third-order valence-corrected chi connectivity index (χ3v) is 4.42. The monoisotopic (exact) mass is 262 g/mol. The zero-order valence-electron chi connectivity index (χ0n) is 13.0. The summed E-state index contributed by atoms with van der Waals surface area (Å²) in [6, 6.07) is 14.0. The summed E-state index contributed by atoms with van der Waals surface area (Å²) in [5.74, 6) is 0.579. The standard InChI is InChI=1S/C20H22/c1-12(2)20-11-19-10-17-7-14(4)13(3)6-16(17)9-18(19)8-15(20)5/h6-12H,1-5H3. The van der Waals surface area contributed by atoms with Gasteiger partial charge in [0.1, 0.15) is 0 Å². The highest BCUT2D eigenvalue weighted by molar-refractivity contribution is 5.99. The number of hydrogen-bond donors (Lipinski definition) is 0. The fourth-order valence-corrected chi connectivity index (χ4v) is 3.08. The van der Waals surface area contributed by atoms with Crippen LogP contribution >= 0.6 is 0 Å². The molecule has 20 heavy (non-hydrogen) atoms. The van der Waals surface area contributed by atoms with Gasteiger partial charge in [0.15, 0.2) is 0 Å². The van der Waals surface area contributed by atoms with Crippen molar-refractivity contribution in [1.82, 2.24) is 0 Å². The van der Waals surface area contributed by atoms with Crippen LogP contribution in [0.2, 0.25) is 0 Å². The van der Waals surface area contributed by atoms with Gasteiger partial charge in [-0.2, -0.15) is 0 Å². The first kappa shape index (κ1) is 13.2. The van der Waals surface area contributed by atoms with Gasteiger partial charge in [0, 0.05) is 0 Å². The molecule has 0 aliphatic heterocycles. The molecule has 0 saturated carbocycles. The Hall–Kier alpha value is -1.82. The summed E-state index contributed by atoms with van der Waals surface area (Å²) >= 11 is 0. The van der Waals surface area contributed by atoms with E-state index < -0.39 is 0 Å². The number of rotatable bonds is 1. The maximum atomic E-state index is 2.37. The lowest BCUT2D eigenvalue weighted by atomic mass is 9.92. The molecule has 0 unspecified atom stereocenters. The van der Waals surface area contributed by atoms with E-state index in [2.05, 4.69) is 71.0 Å². The summed E-state index contributed by atoms with van der Waals surface area (Å²) in [7, 11) is 0. The Kier molecular flexibility index (Phi) is 3.05. The molecule has 0 spiro atoms. The van der Waals surface area contributed by atoms with Crippen LogP contribution in [0.15, 0.2) is 36.4 Å². The highest BCUT2D eigenvalue weighted by atomic mass is 14.1. The topological polar surface area (TPSA) is 0 Å². The van der Waals surface area contributed by atoms with Crippen LogP contribution in [-0.2, 0) is 0 Å². The van der Waals surface area contributed by atoms with E-state index in [9.17, 15) is 0 Å². The molecule has 102 valence electrons. The molecule has 3 rings (SSSR count). The molecule has 0 aliphatic rings. The second-order valence-corrected chi connectivity index (χ2v) is 6.35. The molecule has 0 amide bonds. The summed E-state index contributed by atoms with van der Waals surface area (Å²) in [6.07, 6.45) is 0. The van der Waals surface area contributed by atoms with Crippen molar-refractivity contribution in [3.63, 3.8) is 0 Å². The van der Waals surface area contributed by atoms with Crippen LogP contribution in [0.25, 0.3) is 21.5 Å². The molecule has 0 heterocycles. The van der Waals surface area contributed by atoms with Gasteiger partial charge in [0.2, 0.25) is 0 Å². The Morgan fingerprint density at radius 2 is 0.950 bits per heavy atom. The first-order valence-electron chi connectivity index (χ1n) is 7.41. The van der Waals surface area contributed by atoms with Crippen LogP contribution in [0.4, 0.5) is 0 Å². The minimum Gasteiger partial charge on any atom is -0.0587 e. The van der Waals surface area contributed by atoms with E-state index in [4.69, 9.17) is 0 Å². The third-order valence-electron chi connectivity index (χ3n) is 4.42. The van der Waals surface area contributed by atoms with Crippen molar-refractivity contribution in [2.75, 3.05) is 0 Å². The molecule has 0 saturated heterocycles. The molecular weight excluding hydrogens is 240 g/mol. The Bertz CT molecular complexity index is 807. The van der Waals surface area contributed by atoms with Crippen molar-refractivity contribution in [3.05, 3.63) is 58.7 Å². The van der Waals surface area contributed by atoms with Gasteiger partial charge in [-0.15, -0.1) is 0 Å².